The molecule has 1 fully saturated rings. The summed E-state index contributed by atoms with van der Waals surface area (Å²) in [6, 6.07) is 0.679. The molecule has 1 atom stereocenters. The maximum Gasteiger partial charge on any atom is 0.322 e. The maximum absolute atomic E-state index is 5.83. The summed E-state index contributed by atoms with van der Waals surface area (Å²) >= 11 is 7.75. The summed E-state index contributed by atoms with van der Waals surface area (Å²) in [6.07, 6.45) is 1.14. The monoisotopic (exact) mass is 274 g/mol. The topological polar surface area (TPSA) is 59.9 Å². The second-order valence-electron chi connectivity index (χ2n) is 4.08. The summed E-state index contributed by atoms with van der Waals surface area (Å²) in [6.45, 7) is 3.83. The Bertz CT molecular complexity index is 385. The Kier molecular flexibility index (Phi) is 4.28. The van der Waals surface area contributed by atoms with Gasteiger partial charge in [-0.1, -0.05) is 0 Å². The Morgan fingerprint density at radius 3 is 2.88 bits per heavy atom. The first-order valence-corrected chi connectivity index (χ1v) is 7.09. The minimum atomic E-state index is 0.0170. The third-order valence-electron chi connectivity index (χ3n) is 2.19. The molecule has 1 unspecified atom stereocenters. The average Bonchev–Trinajstić information content (AvgIpc) is 2.67. The smallest absolute Gasteiger partial charge is 0.322 e. The van der Waals surface area contributed by atoms with Gasteiger partial charge in [-0.3, -0.25) is 0 Å². The van der Waals surface area contributed by atoms with Crippen molar-refractivity contribution in [3.63, 3.8) is 0 Å². The van der Waals surface area contributed by atoms with Crippen LogP contribution in [0.2, 0.25) is 5.28 Å². The van der Waals surface area contributed by atoms with Crippen molar-refractivity contribution in [3.05, 3.63) is 5.28 Å². The lowest BCUT2D eigenvalue weighted by Crippen LogP contribution is -2.20. The van der Waals surface area contributed by atoms with Gasteiger partial charge in [0.05, 0.1) is 6.10 Å². The van der Waals surface area contributed by atoms with E-state index in [0.717, 1.165) is 12.2 Å². The Morgan fingerprint density at radius 1 is 1.41 bits per heavy atom. The third-order valence-corrected chi connectivity index (χ3v) is 3.52. The van der Waals surface area contributed by atoms with Crippen LogP contribution in [0.4, 0.5) is 5.95 Å². The van der Waals surface area contributed by atoms with Gasteiger partial charge in [0.25, 0.3) is 0 Å². The number of aromatic nitrogens is 3. The van der Waals surface area contributed by atoms with Crippen molar-refractivity contribution >= 4 is 29.3 Å². The van der Waals surface area contributed by atoms with Crippen LogP contribution in [0.1, 0.15) is 20.3 Å². The highest BCUT2D eigenvalue weighted by Gasteiger charge is 2.17. The lowest BCUT2D eigenvalue weighted by molar-refractivity contribution is 0.222. The second kappa shape index (κ2) is 5.73. The zero-order valence-corrected chi connectivity index (χ0v) is 11.4. The molecule has 7 heteroatoms. The Labute approximate surface area is 110 Å². The predicted octanol–water partition coefficient (Wildman–Crippen LogP) is 2.23. The van der Waals surface area contributed by atoms with E-state index in [4.69, 9.17) is 16.3 Å². The molecule has 2 heterocycles. The molecule has 5 nitrogen and oxygen atoms in total. The van der Waals surface area contributed by atoms with Gasteiger partial charge < -0.3 is 10.1 Å². The van der Waals surface area contributed by atoms with Gasteiger partial charge in [0.2, 0.25) is 11.2 Å². The third kappa shape index (κ3) is 3.89. The van der Waals surface area contributed by atoms with Crippen LogP contribution in [-0.4, -0.2) is 38.6 Å². The molecule has 0 saturated carbocycles. The zero-order valence-electron chi connectivity index (χ0n) is 9.81. The molecule has 1 aromatic rings. The van der Waals surface area contributed by atoms with Crippen molar-refractivity contribution in [2.75, 3.05) is 16.8 Å². The normalized spacial score (nSPS) is 19.6. The first-order chi connectivity index (χ1) is 8.13. The summed E-state index contributed by atoms with van der Waals surface area (Å²) in [4.78, 5) is 12.2. The molecule has 1 aliphatic rings. The average molecular weight is 275 g/mol. The fourth-order valence-electron chi connectivity index (χ4n) is 1.49. The number of halogens is 1. The SMILES string of the molecule is CC(C)Oc1nc(Cl)nc(NC2CCSC2)n1. The van der Waals surface area contributed by atoms with E-state index in [1.807, 2.05) is 25.6 Å². The number of thioether (sulfide) groups is 1. The molecular formula is C10H15ClN4OS. The Morgan fingerprint density at radius 2 is 2.24 bits per heavy atom. The van der Waals surface area contributed by atoms with Gasteiger partial charge in [-0.25, -0.2) is 0 Å². The van der Waals surface area contributed by atoms with E-state index < -0.39 is 0 Å². The minimum Gasteiger partial charge on any atom is -0.461 e. The maximum atomic E-state index is 5.83. The molecule has 1 aromatic heterocycles. The van der Waals surface area contributed by atoms with E-state index in [1.54, 1.807) is 0 Å². The van der Waals surface area contributed by atoms with Gasteiger partial charge in [-0.15, -0.1) is 0 Å². The fraction of sp³-hybridized carbons (Fsp3) is 0.700. The van der Waals surface area contributed by atoms with Gasteiger partial charge in [-0.05, 0) is 37.6 Å². The molecule has 1 N–H and O–H groups in total. The summed E-state index contributed by atoms with van der Waals surface area (Å²) in [7, 11) is 0. The van der Waals surface area contributed by atoms with Crippen LogP contribution < -0.4 is 10.1 Å². The molecule has 0 bridgehead atoms. The predicted molar refractivity (Wildman–Crippen MR) is 70.0 cm³/mol. The van der Waals surface area contributed by atoms with E-state index in [2.05, 4.69) is 20.3 Å². The number of hydrogen-bond acceptors (Lipinski definition) is 6. The lowest BCUT2D eigenvalue weighted by atomic mass is 10.3. The zero-order chi connectivity index (χ0) is 12.3. The number of hydrogen-bond donors (Lipinski definition) is 1. The van der Waals surface area contributed by atoms with Crippen molar-refractivity contribution in [1.29, 1.82) is 0 Å². The highest BCUT2D eigenvalue weighted by Crippen LogP contribution is 2.21. The second-order valence-corrected chi connectivity index (χ2v) is 5.57. The molecule has 0 radical (unpaired) electrons. The Hall–Kier alpha value is -0.750. The van der Waals surface area contributed by atoms with Gasteiger partial charge >= 0.3 is 6.01 Å². The molecule has 17 heavy (non-hydrogen) atoms. The van der Waals surface area contributed by atoms with Gasteiger partial charge in [-0.2, -0.15) is 26.7 Å². The van der Waals surface area contributed by atoms with Crippen LogP contribution >= 0.6 is 23.4 Å². The van der Waals surface area contributed by atoms with Crippen molar-refractivity contribution in [1.82, 2.24) is 15.0 Å². The fourth-order valence-corrected chi connectivity index (χ4v) is 2.80. The summed E-state index contributed by atoms with van der Waals surface area (Å²) in [5.74, 6) is 2.74. The quantitative estimate of drug-likeness (QED) is 0.909. The van der Waals surface area contributed by atoms with E-state index in [9.17, 15) is 0 Å². The van der Waals surface area contributed by atoms with Crippen LogP contribution in [0.5, 0.6) is 6.01 Å². The lowest BCUT2D eigenvalue weighted by Gasteiger charge is -2.12. The summed E-state index contributed by atoms with van der Waals surface area (Å²) in [5, 5.41) is 3.40. The van der Waals surface area contributed by atoms with Crippen LogP contribution in [0, 0.1) is 0 Å². The molecule has 1 saturated heterocycles. The molecule has 94 valence electrons. The van der Waals surface area contributed by atoms with E-state index in [-0.39, 0.29) is 17.4 Å². The number of anilines is 1. The van der Waals surface area contributed by atoms with Crippen molar-refractivity contribution in [2.24, 2.45) is 0 Å². The molecule has 0 amide bonds. The number of nitrogens with one attached hydrogen (secondary N) is 1. The molecular weight excluding hydrogens is 260 g/mol. The standard InChI is InChI=1S/C10H15ClN4OS/c1-6(2)16-10-14-8(11)13-9(15-10)12-7-3-4-17-5-7/h6-7H,3-5H2,1-2H3,(H,12,13,14,15). The first kappa shape index (κ1) is 12.7. The molecule has 2 rings (SSSR count). The van der Waals surface area contributed by atoms with Crippen molar-refractivity contribution in [2.45, 2.75) is 32.4 Å². The van der Waals surface area contributed by atoms with E-state index in [1.165, 1.54) is 5.75 Å². The van der Waals surface area contributed by atoms with E-state index in [0.29, 0.717) is 12.0 Å². The van der Waals surface area contributed by atoms with Crippen LogP contribution in [0.15, 0.2) is 0 Å². The van der Waals surface area contributed by atoms with Gasteiger partial charge in [0.15, 0.2) is 0 Å². The molecule has 1 aliphatic heterocycles. The van der Waals surface area contributed by atoms with Crippen LogP contribution in [-0.2, 0) is 0 Å². The molecule has 0 aliphatic carbocycles. The highest BCUT2D eigenvalue weighted by molar-refractivity contribution is 7.99. The Balaban J connectivity index is 2.07. The minimum absolute atomic E-state index is 0.0170. The summed E-state index contributed by atoms with van der Waals surface area (Å²) < 4.78 is 5.41. The van der Waals surface area contributed by atoms with Crippen molar-refractivity contribution in [3.8, 4) is 6.01 Å². The number of rotatable bonds is 4. The summed E-state index contributed by atoms with van der Waals surface area (Å²) in [5.41, 5.74) is 0. The highest BCUT2D eigenvalue weighted by atomic mass is 35.5. The van der Waals surface area contributed by atoms with Gasteiger partial charge in [0.1, 0.15) is 0 Å². The van der Waals surface area contributed by atoms with Crippen molar-refractivity contribution < 1.29 is 4.74 Å². The number of ether oxygens (including phenoxy) is 1. The van der Waals surface area contributed by atoms with Crippen LogP contribution in [0.25, 0.3) is 0 Å². The largest absolute Gasteiger partial charge is 0.461 e. The number of nitrogens with zero attached hydrogens (tertiary/aromatic N) is 3. The first-order valence-electron chi connectivity index (χ1n) is 5.56. The van der Waals surface area contributed by atoms with Gasteiger partial charge in [0, 0.05) is 11.8 Å². The van der Waals surface area contributed by atoms with E-state index >= 15 is 0 Å². The van der Waals surface area contributed by atoms with Crippen LogP contribution in [0.3, 0.4) is 0 Å². The molecule has 0 aromatic carbocycles. The molecule has 0 spiro atoms.